The Morgan fingerprint density at radius 1 is 1.42 bits per heavy atom. The second-order valence-corrected chi connectivity index (χ2v) is 5.36. The van der Waals surface area contributed by atoms with Crippen LogP contribution in [0.15, 0.2) is 40.5 Å². The standard InChI is InChI=1S/C17H25N5O.HI/c1-5-9-18-17(19-10-8-15-7-6-11-23-15)20-12-16-13(2)21-22(4)14(16)3;/h5-7,11H,1,8-10,12H2,2-4H3,(H2,18,19,20);1H. The van der Waals surface area contributed by atoms with E-state index in [4.69, 9.17) is 4.42 Å². The lowest BCUT2D eigenvalue weighted by atomic mass is 10.2. The van der Waals surface area contributed by atoms with Gasteiger partial charge in [-0.15, -0.1) is 30.6 Å². The van der Waals surface area contributed by atoms with Crippen LogP contribution in [0.4, 0.5) is 0 Å². The molecule has 132 valence electrons. The molecule has 2 rings (SSSR count). The number of hydrogen-bond donors (Lipinski definition) is 2. The molecular weight excluding hydrogens is 417 g/mol. The topological polar surface area (TPSA) is 67.4 Å². The van der Waals surface area contributed by atoms with Crippen LogP contribution in [0.25, 0.3) is 0 Å². The van der Waals surface area contributed by atoms with Crippen LogP contribution in [0.2, 0.25) is 0 Å². The summed E-state index contributed by atoms with van der Waals surface area (Å²) in [4.78, 5) is 4.65. The first-order valence-corrected chi connectivity index (χ1v) is 7.76. The third kappa shape index (κ3) is 5.70. The number of nitrogens with zero attached hydrogens (tertiary/aromatic N) is 3. The SMILES string of the molecule is C=CCNC(=NCc1c(C)nn(C)c1C)NCCc1ccco1.I. The van der Waals surface area contributed by atoms with Crippen molar-refractivity contribution >= 4 is 29.9 Å². The van der Waals surface area contributed by atoms with Crippen molar-refractivity contribution in [1.82, 2.24) is 20.4 Å². The lowest BCUT2D eigenvalue weighted by Crippen LogP contribution is -2.38. The summed E-state index contributed by atoms with van der Waals surface area (Å²) in [7, 11) is 1.95. The van der Waals surface area contributed by atoms with Crippen LogP contribution >= 0.6 is 24.0 Å². The third-order valence-corrected chi connectivity index (χ3v) is 3.71. The number of aliphatic imine (C=N–C) groups is 1. The van der Waals surface area contributed by atoms with Gasteiger partial charge in [-0.2, -0.15) is 5.10 Å². The molecule has 24 heavy (non-hydrogen) atoms. The Bertz CT molecular complexity index is 661. The molecule has 0 atom stereocenters. The Kier molecular flexibility index (Phi) is 8.59. The van der Waals surface area contributed by atoms with Gasteiger partial charge in [-0.05, 0) is 26.0 Å². The zero-order valence-corrected chi connectivity index (χ0v) is 16.8. The van der Waals surface area contributed by atoms with E-state index >= 15 is 0 Å². The molecule has 0 aromatic carbocycles. The van der Waals surface area contributed by atoms with E-state index in [1.54, 1.807) is 6.26 Å². The van der Waals surface area contributed by atoms with Gasteiger partial charge >= 0.3 is 0 Å². The fourth-order valence-corrected chi connectivity index (χ4v) is 2.31. The molecule has 0 saturated carbocycles. The Labute approximate surface area is 160 Å². The number of hydrogen-bond acceptors (Lipinski definition) is 3. The van der Waals surface area contributed by atoms with Crippen molar-refractivity contribution in [2.45, 2.75) is 26.8 Å². The molecule has 0 radical (unpaired) electrons. The highest BCUT2D eigenvalue weighted by molar-refractivity contribution is 14.0. The maximum atomic E-state index is 5.33. The summed E-state index contributed by atoms with van der Waals surface area (Å²) in [6.45, 7) is 9.82. The van der Waals surface area contributed by atoms with Crippen LogP contribution in [0.3, 0.4) is 0 Å². The van der Waals surface area contributed by atoms with Crippen LogP contribution in [-0.2, 0) is 20.0 Å². The van der Waals surface area contributed by atoms with Crippen molar-refractivity contribution < 1.29 is 4.42 Å². The van der Waals surface area contributed by atoms with Gasteiger partial charge < -0.3 is 15.1 Å². The highest BCUT2D eigenvalue weighted by Crippen LogP contribution is 2.12. The minimum Gasteiger partial charge on any atom is -0.469 e. The number of nitrogens with one attached hydrogen (secondary N) is 2. The van der Waals surface area contributed by atoms with Gasteiger partial charge in [0.1, 0.15) is 5.76 Å². The number of furan rings is 1. The fourth-order valence-electron chi connectivity index (χ4n) is 2.31. The number of aryl methyl sites for hydroxylation is 2. The van der Waals surface area contributed by atoms with E-state index in [2.05, 4.69) is 34.2 Å². The monoisotopic (exact) mass is 443 g/mol. The second-order valence-electron chi connectivity index (χ2n) is 5.36. The average molecular weight is 443 g/mol. The summed E-state index contributed by atoms with van der Waals surface area (Å²) in [5.41, 5.74) is 3.33. The van der Waals surface area contributed by atoms with Gasteiger partial charge in [0.2, 0.25) is 0 Å². The van der Waals surface area contributed by atoms with Crippen molar-refractivity contribution in [3.8, 4) is 0 Å². The Morgan fingerprint density at radius 2 is 2.21 bits per heavy atom. The molecule has 0 aliphatic carbocycles. The van der Waals surface area contributed by atoms with E-state index in [-0.39, 0.29) is 24.0 Å². The smallest absolute Gasteiger partial charge is 0.191 e. The molecule has 6 nitrogen and oxygen atoms in total. The Balaban J connectivity index is 0.00000288. The molecule has 2 heterocycles. The molecule has 0 saturated heterocycles. The minimum absolute atomic E-state index is 0. The highest BCUT2D eigenvalue weighted by Gasteiger charge is 2.09. The molecule has 2 aromatic rings. The first-order valence-electron chi connectivity index (χ1n) is 7.76. The third-order valence-electron chi connectivity index (χ3n) is 3.71. The maximum absolute atomic E-state index is 5.33. The maximum Gasteiger partial charge on any atom is 0.191 e. The van der Waals surface area contributed by atoms with Crippen molar-refractivity contribution in [1.29, 1.82) is 0 Å². The molecule has 0 unspecified atom stereocenters. The molecule has 0 aliphatic heterocycles. The number of aromatic nitrogens is 2. The zero-order chi connectivity index (χ0) is 16.7. The number of halogens is 1. The van der Waals surface area contributed by atoms with E-state index in [0.717, 1.165) is 36.1 Å². The van der Waals surface area contributed by atoms with Crippen LogP contribution in [0.5, 0.6) is 0 Å². The molecule has 2 aromatic heterocycles. The van der Waals surface area contributed by atoms with E-state index in [0.29, 0.717) is 13.1 Å². The predicted molar refractivity (Wildman–Crippen MR) is 108 cm³/mol. The zero-order valence-electron chi connectivity index (χ0n) is 14.5. The number of guanidine groups is 1. The molecule has 0 bridgehead atoms. The lowest BCUT2D eigenvalue weighted by Gasteiger charge is -2.11. The van der Waals surface area contributed by atoms with Crippen molar-refractivity contribution in [2.75, 3.05) is 13.1 Å². The Morgan fingerprint density at radius 3 is 2.79 bits per heavy atom. The first-order chi connectivity index (χ1) is 11.1. The summed E-state index contributed by atoms with van der Waals surface area (Å²) in [5, 5.41) is 11.0. The van der Waals surface area contributed by atoms with Crippen molar-refractivity contribution in [2.24, 2.45) is 12.0 Å². The molecule has 0 spiro atoms. The summed E-state index contributed by atoms with van der Waals surface area (Å²) in [5.74, 6) is 1.72. The van der Waals surface area contributed by atoms with Crippen LogP contribution < -0.4 is 10.6 Å². The van der Waals surface area contributed by atoms with Gasteiger partial charge in [-0.1, -0.05) is 6.08 Å². The van der Waals surface area contributed by atoms with Crippen molar-refractivity contribution in [3.05, 3.63) is 53.8 Å². The van der Waals surface area contributed by atoms with Crippen LogP contribution in [0.1, 0.15) is 22.7 Å². The lowest BCUT2D eigenvalue weighted by molar-refractivity contribution is 0.507. The van der Waals surface area contributed by atoms with Gasteiger partial charge in [-0.25, -0.2) is 4.99 Å². The second kappa shape index (κ2) is 10.2. The van der Waals surface area contributed by atoms with Gasteiger partial charge in [0.15, 0.2) is 5.96 Å². The summed E-state index contributed by atoms with van der Waals surface area (Å²) >= 11 is 0. The minimum atomic E-state index is 0. The van der Waals surface area contributed by atoms with Crippen LogP contribution in [0, 0.1) is 13.8 Å². The normalized spacial score (nSPS) is 11.0. The first kappa shape index (κ1) is 20.3. The Hall–Kier alpha value is -1.77. The van der Waals surface area contributed by atoms with Gasteiger partial charge in [0.05, 0.1) is 18.5 Å². The molecule has 2 N–H and O–H groups in total. The highest BCUT2D eigenvalue weighted by atomic mass is 127. The predicted octanol–water partition coefficient (Wildman–Crippen LogP) is 2.71. The summed E-state index contributed by atoms with van der Waals surface area (Å²) in [6.07, 6.45) is 4.31. The largest absolute Gasteiger partial charge is 0.469 e. The molecule has 0 amide bonds. The van der Waals surface area contributed by atoms with Gasteiger partial charge in [0.25, 0.3) is 0 Å². The molecular formula is C17H26IN5O. The van der Waals surface area contributed by atoms with E-state index in [1.165, 1.54) is 5.56 Å². The summed E-state index contributed by atoms with van der Waals surface area (Å²) in [6, 6.07) is 3.87. The van der Waals surface area contributed by atoms with Gasteiger partial charge in [-0.3, -0.25) is 4.68 Å². The fraction of sp³-hybridized carbons (Fsp3) is 0.412. The van der Waals surface area contributed by atoms with E-state index in [9.17, 15) is 0 Å². The van der Waals surface area contributed by atoms with Gasteiger partial charge in [0, 0.05) is 37.8 Å². The summed E-state index contributed by atoms with van der Waals surface area (Å²) < 4.78 is 7.22. The van der Waals surface area contributed by atoms with E-state index < -0.39 is 0 Å². The van der Waals surface area contributed by atoms with E-state index in [1.807, 2.05) is 36.9 Å². The molecule has 7 heteroatoms. The average Bonchev–Trinajstić information content (AvgIpc) is 3.12. The quantitative estimate of drug-likeness (QED) is 0.299. The molecule has 0 aliphatic rings. The number of rotatable bonds is 7. The van der Waals surface area contributed by atoms with Crippen molar-refractivity contribution in [3.63, 3.8) is 0 Å². The van der Waals surface area contributed by atoms with Crippen LogP contribution in [-0.4, -0.2) is 28.8 Å². The molecule has 0 fully saturated rings.